The zero-order valence-electron chi connectivity index (χ0n) is 10.8. The van der Waals surface area contributed by atoms with Crippen LogP contribution in [0.4, 0.5) is 18.9 Å². The highest BCUT2D eigenvalue weighted by Gasteiger charge is 2.32. The minimum Gasteiger partial charge on any atom is -0.381 e. The van der Waals surface area contributed by atoms with Gasteiger partial charge in [0.05, 0.1) is 5.56 Å². The number of aromatic nitrogens is 1. The maximum Gasteiger partial charge on any atom is 0.416 e. The largest absolute Gasteiger partial charge is 0.416 e. The van der Waals surface area contributed by atoms with Crippen LogP contribution in [0.3, 0.4) is 0 Å². The van der Waals surface area contributed by atoms with Crippen LogP contribution in [-0.4, -0.2) is 4.57 Å². The van der Waals surface area contributed by atoms with Gasteiger partial charge >= 0.3 is 6.18 Å². The molecule has 1 heterocycles. The molecule has 1 aromatic carbocycles. The van der Waals surface area contributed by atoms with Crippen LogP contribution in [0.25, 0.3) is 0 Å². The van der Waals surface area contributed by atoms with Gasteiger partial charge in [0, 0.05) is 31.7 Å². The quantitative estimate of drug-likeness (QED) is 0.891. The molecule has 2 rings (SSSR count). The molecule has 5 heteroatoms. The van der Waals surface area contributed by atoms with E-state index in [1.54, 1.807) is 6.07 Å². The highest BCUT2D eigenvalue weighted by molar-refractivity contribution is 5.49. The first-order chi connectivity index (χ1) is 8.86. The Morgan fingerprint density at radius 2 is 1.95 bits per heavy atom. The average molecular weight is 268 g/mol. The molecule has 0 aliphatic carbocycles. The van der Waals surface area contributed by atoms with Crippen molar-refractivity contribution in [1.29, 1.82) is 0 Å². The molecule has 0 unspecified atom stereocenters. The van der Waals surface area contributed by atoms with Gasteiger partial charge in [-0.05, 0) is 36.2 Å². The van der Waals surface area contributed by atoms with E-state index in [1.807, 2.05) is 30.1 Å². The number of alkyl halides is 3. The number of nitrogens with zero attached hydrogens (tertiary/aromatic N) is 1. The summed E-state index contributed by atoms with van der Waals surface area (Å²) in [5.41, 5.74) is 1.14. The van der Waals surface area contributed by atoms with Gasteiger partial charge in [-0.3, -0.25) is 0 Å². The van der Waals surface area contributed by atoms with Crippen LogP contribution in [-0.2, 0) is 19.8 Å². The summed E-state index contributed by atoms with van der Waals surface area (Å²) >= 11 is 0. The van der Waals surface area contributed by atoms with Crippen molar-refractivity contribution in [1.82, 2.24) is 4.57 Å². The molecule has 1 aromatic heterocycles. The molecule has 19 heavy (non-hydrogen) atoms. The summed E-state index contributed by atoms with van der Waals surface area (Å²) in [5, 5.41) is 3.00. The molecule has 0 aliphatic rings. The number of nitrogens with one attached hydrogen (secondary N) is 1. The summed E-state index contributed by atoms with van der Waals surface area (Å²) in [4.78, 5) is 0. The number of halogens is 3. The molecule has 0 aliphatic heterocycles. The van der Waals surface area contributed by atoms with Crippen molar-refractivity contribution in [3.8, 4) is 0 Å². The Labute approximate surface area is 109 Å². The van der Waals surface area contributed by atoms with E-state index in [4.69, 9.17) is 0 Å². The number of hydrogen-bond acceptors (Lipinski definition) is 1. The number of hydrogen-bond donors (Lipinski definition) is 1. The van der Waals surface area contributed by atoms with E-state index in [-0.39, 0.29) is 5.56 Å². The van der Waals surface area contributed by atoms with Crippen molar-refractivity contribution >= 4 is 5.69 Å². The third-order valence-corrected chi connectivity index (χ3v) is 2.93. The number of rotatable bonds is 3. The molecule has 2 nitrogen and oxygen atoms in total. The van der Waals surface area contributed by atoms with Gasteiger partial charge in [-0.25, -0.2) is 0 Å². The number of anilines is 1. The zero-order chi connectivity index (χ0) is 14.0. The minimum atomic E-state index is -4.31. The number of aryl methyl sites for hydroxylation is 2. The van der Waals surface area contributed by atoms with Crippen molar-refractivity contribution in [2.24, 2.45) is 7.05 Å². The van der Waals surface area contributed by atoms with E-state index in [0.29, 0.717) is 12.2 Å². The Bertz CT molecular complexity index is 570. The van der Waals surface area contributed by atoms with Gasteiger partial charge in [0.2, 0.25) is 0 Å². The van der Waals surface area contributed by atoms with E-state index in [9.17, 15) is 13.2 Å². The second kappa shape index (κ2) is 4.99. The van der Waals surface area contributed by atoms with Gasteiger partial charge in [0.1, 0.15) is 0 Å². The summed E-state index contributed by atoms with van der Waals surface area (Å²) in [6, 6.07) is 6.22. The van der Waals surface area contributed by atoms with E-state index in [1.165, 1.54) is 13.0 Å². The monoisotopic (exact) mass is 268 g/mol. The minimum absolute atomic E-state index is 0.234. The second-order valence-electron chi connectivity index (χ2n) is 4.57. The standard InChI is InChI=1S/C14H15F3N2/c1-10-3-4-12(7-13(10)14(15,16)17)18-8-11-5-6-19(2)9-11/h3-7,9,18H,8H2,1-2H3. The highest BCUT2D eigenvalue weighted by atomic mass is 19.4. The van der Waals surface area contributed by atoms with Gasteiger partial charge in [0.15, 0.2) is 0 Å². The molecular weight excluding hydrogens is 253 g/mol. The van der Waals surface area contributed by atoms with Crippen molar-refractivity contribution < 1.29 is 13.2 Å². The van der Waals surface area contributed by atoms with Crippen molar-refractivity contribution in [2.45, 2.75) is 19.6 Å². The van der Waals surface area contributed by atoms with Gasteiger partial charge in [-0.1, -0.05) is 6.07 Å². The van der Waals surface area contributed by atoms with Gasteiger partial charge in [-0.2, -0.15) is 13.2 Å². The molecule has 0 saturated carbocycles. The second-order valence-corrected chi connectivity index (χ2v) is 4.57. The Hall–Kier alpha value is -1.91. The Kier molecular flexibility index (Phi) is 3.55. The van der Waals surface area contributed by atoms with Crippen LogP contribution in [0.2, 0.25) is 0 Å². The molecule has 0 atom stereocenters. The summed E-state index contributed by atoms with van der Waals surface area (Å²) in [6.45, 7) is 1.96. The molecule has 0 amide bonds. The number of benzene rings is 1. The lowest BCUT2D eigenvalue weighted by atomic mass is 10.1. The SMILES string of the molecule is Cc1ccc(NCc2ccn(C)c2)cc1C(F)(F)F. The zero-order valence-corrected chi connectivity index (χ0v) is 10.8. The smallest absolute Gasteiger partial charge is 0.381 e. The molecular formula is C14H15F3N2. The van der Waals surface area contributed by atoms with Crippen LogP contribution >= 0.6 is 0 Å². The lowest BCUT2D eigenvalue weighted by Crippen LogP contribution is -2.08. The Morgan fingerprint density at radius 1 is 1.21 bits per heavy atom. The predicted octanol–water partition coefficient (Wildman–Crippen LogP) is 3.96. The predicted molar refractivity (Wildman–Crippen MR) is 68.9 cm³/mol. The lowest BCUT2D eigenvalue weighted by molar-refractivity contribution is -0.138. The van der Waals surface area contributed by atoms with E-state index < -0.39 is 11.7 Å². The van der Waals surface area contributed by atoms with Crippen LogP contribution in [0, 0.1) is 6.92 Å². The van der Waals surface area contributed by atoms with E-state index >= 15 is 0 Å². The van der Waals surface area contributed by atoms with Crippen LogP contribution in [0.5, 0.6) is 0 Å². The fraction of sp³-hybridized carbons (Fsp3) is 0.286. The first-order valence-corrected chi connectivity index (χ1v) is 5.89. The van der Waals surface area contributed by atoms with Gasteiger partial charge in [-0.15, -0.1) is 0 Å². The topological polar surface area (TPSA) is 17.0 Å². The van der Waals surface area contributed by atoms with E-state index in [0.717, 1.165) is 11.6 Å². The highest BCUT2D eigenvalue weighted by Crippen LogP contribution is 2.33. The van der Waals surface area contributed by atoms with E-state index in [2.05, 4.69) is 5.32 Å². The third-order valence-electron chi connectivity index (χ3n) is 2.93. The van der Waals surface area contributed by atoms with Crippen molar-refractivity contribution in [3.63, 3.8) is 0 Å². The third kappa shape index (κ3) is 3.30. The fourth-order valence-electron chi connectivity index (χ4n) is 1.91. The first-order valence-electron chi connectivity index (χ1n) is 5.89. The summed E-state index contributed by atoms with van der Waals surface area (Å²) in [6.07, 6.45) is -0.492. The average Bonchev–Trinajstić information content (AvgIpc) is 2.72. The van der Waals surface area contributed by atoms with Crippen LogP contribution in [0.1, 0.15) is 16.7 Å². The molecule has 0 spiro atoms. The van der Waals surface area contributed by atoms with Crippen LogP contribution < -0.4 is 5.32 Å². The lowest BCUT2D eigenvalue weighted by Gasteiger charge is -2.13. The molecule has 0 bridgehead atoms. The maximum absolute atomic E-state index is 12.8. The van der Waals surface area contributed by atoms with Crippen molar-refractivity contribution in [3.05, 3.63) is 53.3 Å². The van der Waals surface area contributed by atoms with Gasteiger partial charge < -0.3 is 9.88 Å². The fourth-order valence-corrected chi connectivity index (χ4v) is 1.91. The molecule has 0 saturated heterocycles. The molecule has 2 aromatic rings. The first kappa shape index (κ1) is 13.5. The normalized spacial score (nSPS) is 11.6. The Morgan fingerprint density at radius 3 is 2.53 bits per heavy atom. The summed E-state index contributed by atoms with van der Waals surface area (Å²) in [7, 11) is 1.90. The molecule has 0 radical (unpaired) electrons. The van der Waals surface area contributed by atoms with Crippen LogP contribution in [0.15, 0.2) is 36.7 Å². The maximum atomic E-state index is 12.8. The molecule has 102 valence electrons. The molecule has 0 fully saturated rings. The summed E-state index contributed by atoms with van der Waals surface area (Å²) < 4.78 is 40.2. The molecule has 1 N–H and O–H groups in total. The van der Waals surface area contributed by atoms with Gasteiger partial charge in [0.25, 0.3) is 0 Å². The Balaban J connectivity index is 2.13. The van der Waals surface area contributed by atoms with Crippen molar-refractivity contribution in [2.75, 3.05) is 5.32 Å². The summed E-state index contributed by atoms with van der Waals surface area (Å²) in [5.74, 6) is 0.